The Bertz CT molecular complexity index is 357. The van der Waals surface area contributed by atoms with Crippen LogP contribution in [0, 0.1) is 0 Å². The molecule has 1 heterocycles. The highest BCUT2D eigenvalue weighted by Gasteiger charge is 2.14. The SMILES string of the molecule is CCN(CCCl)Cc1ccc2c(c1)OOC2. The largest absolute Gasteiger partial charge is 0.337 e. The quantitative estimate of drug-likeness (QED) is 0.584. The molecule has 1 aliphatic heterocycles. The highest BCUT2D eigenvalue weighted by Crippen LogP contribution is 2.27. The predicted molar refractivity (Wildman–Crippen MR) is 63.5 cm³/mol. The second-order valence-corrected chi connectivity index (χ2v) is 4.22. The number of hydrogen-bond acceptors (Lipinski definition) is 3. The monoisotopic (exact) mass is 241 g/mol. The maximum Gasteiger partial charge on any atom is 0.171 e. The summed E-state index contributed by atoms with van der Waals surface area (Å²) in [6.45, 7) is 5.50. The van der Waals surface area contributed by atoms with Crippen molar-refractivity contribution in [3.63, 3.8) is 0 Å². The molecule has 0 bridgehead atoms. The Balaban J connectivity index is 2.04. The molecule has 2 rings (SSSR count). The van der Waals surface area contributed by atoms with Gasteiger partial charge in [-0.3, -0.25) is 4.90 Å². The zero-order valence-electron chi connectivity index (χ0n) is 9.41. The van der Waals surface area contributed by atoms with Crippen LogP contribution in [0.25, 0.3) is 0 Å². The zero-order valence-corrected chi connectivity index (χ0v) is 10.2. The highest BCUT2D eigenvalue weighted by molar-refractivity contribution is 6.18. The first-order chi connectivity index (χ1) is 7.83. The molecule has 3 nitrogen and oxygen atoms in total. The fourth-order valence-electron chi connectivity index (χ4n) is 1.78. The van der Waals surface area contributed by atoms with Crippen LogP contribution in [0.3, 0.4) is 0 Å². The number of benzene rings is 1. The molecule has 0 aromatic heterocycles. The van der Waals surface area contributed by atoms with E-state index in [-0.39, 0.29) is 0 Å². The lowest BCUT2D eigenvalue weighted by molar-refractivity contribution is -0.194. The van der Waals surface area contributed by atoms with Gasteiger partial charge in [-0.25, -0.2) is 0 Å². The fraction of sp³-hybridized carbons (Fsp3) is 0.500. The normalized spacial score (nSPS) is 13.9. The van der Waals surface area contributed by atoms with Crippen LogP contribution in [0.4, 0.5) is 0 Å². The van der Waals surface area contributed by atoms with Gasteiger partial charge in [0.2, 0.25) is 0 Å². The molecule has 1 aliphatic rings. The van der Waals surface area contributed by atoms with Crippen molar-refractivity contribution in [1.29, 1.82) is 0 Å². The average Bonchev–Trinajstić information content (AvgIpc) is 2.75. The lowest BCUT2D eigenvalue weighted by Gasteiger charge is -2.19. The molecule has 0 atom stereocenters. The molecule has 0 fully saturated rings. The maximum absolute atomic E-state index is 5.75. The van der Waals surface area contributed by atoms with Crippen molar-refractivity contribution >= 4 is 11.6 Å². The topological polar surface area (TPSA) is 21.7 Å². The van der Waals surface area contributed by atoms with E-state index in [0.717, 1.165) is 30.9 Å². The van der Waals surface area contributed by atoms with Crippen molar-refractivity contribution in [2.75, 3.05) is 19.0 Å². The van der Waals surface area contributed by atoms with Crippen molar-refractivity contribution in [3.05, 3.63) is 29.3 Å². The summed E-state index contributed by atoms with van der Waals surface area (Å²) >= 11 is 5.75. The van der Waals surface area contributed by atoms with Crippen LogP contribution in [0.5, 0.6) is 5.75 Å². The summed E-state index contributed by atoms with van der Waals surface area (Å²) in [6.07, 6.45) is 0. The van der Waals surface area contributed by atoms with E-state index in [9.17, 15) is 0 Å². The zero-order chi connectivity index (χ0) is 11.4. The summed E-state index contributed by atoms with van der Waals surface area (Å²) in [5.74, 6) is 1.51. The van der Waals surface area contributed by atoms with Crippen LogP contribution in [-0.2, 0) is 18.0 Å². The van der Waals surface area contributed by atoms with Gasteiger partial charge < -0.3 is 4.89 Å². The lowest BCUT2D eigenvalue weighted by Crippen LogP contribution is -2.24. The molecule has 0 aliphatic carbocycles. The van der Waals surface area contributed by atoms with Crippen molar-refractivity contribution in [1.82, 2.24) is 4.90 Å². The molecular weight excluding hydrogens is 226 g/mol. The minimum atomic E-state index is 0.550. The molecule has 0 saturated carbocycles. The van der Waals surface area contributed by atoms with Crippen molar-refractivity contribution in [3.8, 4) is 5.75 Å². The van der Waals surface area contributed by atoms with Crippen LogP contribution in [0.1, 0.15) is 18.1 Å². The van der Waals surface area contributed by atoms with E-state index in [0.29, 0.717) is 12.5 Å². The van der Waals surface area contributed by atoms with E-state index in [1.54, 1.807) is 0 Å². The molecule has 88 valence electrons. The van der Waals surface area contributed by atoms with E-state index in [2.05, 4.69) is 24.0 Å². The second-order valence-electron chi connectivity index (χ2n) is 3.85. The number of hydrogen-bond donors (Lipinski definition) is 0. The minimum Gasteiger partial charge on any atom is -0.337 e. The first kappa shape index (κ1) is 11.7. The van der Waals surface area contributed by atoms with Gasteiger partial charge in [-0.1, -0.05) is 19.1 Å². The van der Waals surface area contributed by atoms with Gasteiger partial charge in [0.25, 0.3) is 0 Å². The van der Waals surface area contributed by atoms with E-state index in [4.69, 9.17) is 21.4 Å². The Morgan fingerprint density at radius 2 is 2.31 bits per heavy atom. The molecule has 0 saturated heterocycles. The van der Waals surface area contributed by atoms with Gasteiger partial charge in [-0.15, -0.1) is 11.6 Å². The minimum absolute atomic E-state index is 0.550. The highest BCUT2D eigenvalue weighted by atomic mass is 35.5. The maximum atomic E-state index is 5.75. The summed E-state index contributed by atoms with van der Waals surface area (Å²) in [5.41, 5.74) is 2.35. The van der Waals surface area contributed by atoms with Gasteiger partial charge in [0.15, 0.2) is 5.75 Å². The summed E-state index contributed by atoms with van der Waals surface area (Å²) < 4.78 is 0. The van der Waals surface area contributed by atoms with Gasteiger partial charge in [-0.05, 0) is 18.2 Å². The van der Waals surface area contributed by atoms with E-state index < -0.39 is 0 Å². The molecule has 1 aromatic rings. The number of alkyl halides is 1. The summed E-state index contributed by atoms with van der Waals surface area (Å²) in [4.78, 5) is 12.3. The van der Waals surface area contributed by atoms with Crippen LogP contribution < -0.4 is 4.89 Å². The van der Waals surface area contributed by atoms with E-state index >= 15 is 0 Å². The Morgan fingerprint density at radius 1 is 1.44 bits per heavy atom. The van der Waals surface area contributed by atoms with Crippen LogP contribution in [0.15, 0.2) is 18.2 Å². The molecule has 0 N–H and O–H groups in total. The molecule has 1 aromatic carbocycles. The molecule has 0 spiro atoms. The summed E-state index contributed by atoms with van der Waals surface area (Å²) in [6, 6.07) is 6.22. The van der Waals surface area contributed by atoms with Gasteiger partial charge in [0.05, 0.1) is 0 Å². The third kappa shape index (κ3) is 2.67. The van der Waals surface area contributed by atoms with Crippen LogP contribution in [-0.4, -0.2) is 23.9 Å². The van der Waals surface area contributed by atoms with Crippen LogP contribution in [0.2, 0.25) is 0 Å². The summed E-state index contributed by atoms with van der Waals surface area (Å²) in [5, 5.41) is 0. The van der Waals surface area contributed by atoms with Gasteiger partial charge in [-0.2, -0.15) is 4.89 Å². The van der Waals surface area contributed by atoms with Crippen molar-refractivity contribution in [2.24, 2.45) is 0 Å². The number of fused-ring (bicyclic) bond motifs is 1. The molecule has 0 unspecified atom stereocenters. The standard InChI is InChI=1S/C12H16ClNO2/c1-2-14(6-5-13)8-10-3-4-11-9-15-16-12(11)7-10/h3-4,7H,2,5-6,8-9H2,1H3. The lowest BCUT2D eigenvalue weighted by atomic mass is 10.1. The second kappa shape index (κ2) is 5.53. The Labute approximate surface area is 101 Å². The average molecular weight is 242 g/mol. The Hall–Kier alpha value is -0.770. The Kier molecular flexibility index (Phi) is 4.04. The molecule has 4 heteroatoms. The van der Waals surface area contributed by atoms with Crippen molar-refractivity contribution in [2.45, 2.75) is 20.1 Å². The molecular formula is C12H16ClNO2. The number of halogens is 1. The van der Waals surface area contributed by atoms with E-state index in [1.165, 1.54) is 5.56 Å². The van der Waals surface area contributed by atoms with E-state index in [1.807, 2.05) is 6.07 Å². The smallest absolute Gasteiger partial charge is 0.171 e. The van der Waals surface area contributed by atoms with Crippen LogP contribution >= 0.6 is 11.6 Å². The molecule has 16 heavy (non-hydrogen) atoms. The number of rotatable bonds is 5. The van der Waals surface area contributed by atoms with Gasteiger partial charge >= 0.3 is 0 Å². The molecule has 0 amide bonds. The Morgan fingerprint density at radius 3 is 3.06 bits per heavy atom. The first-order valence-electron chi connectivity index (χ1n) is 5.53. The molecule has 0 radical (unpaired) electrons. The number of nitrogens with zero attached hydrogens (tertiary/aromatic N) is 1. The fourth-order valence-corrected chi connectivity index (χ4v) is 2.02. The first-order valence-corrected chi connectivity index (χ1v) is 6.06. The predicted octanol–water partition coefficient (Wildman–Crippen LogP) is 2.57. The van der Waals surface area contributed by atoms with Crippen molar-refractivity contribution < 1.29 is 9.78 Å². The van der Waals surface area contributed by atoms with Gasteiger partial charge in [0.1, 0.15) is 6.61 Å². The third-order valence-electron chi connectivity index (χ3n) is 2.75. The summed E-state index contributed by atoms with van der Waals surface area (Å²) in [7, 11) is 0. The third-order valence-corrected chi connectivity index (χ3v) is 2.92. The van der Waals surface area contributed by atoms with Gasteiger partial charge in [0, 0.05) is 24.5 Å².